The van der Waals surface area contributed by atoms with Gasteiger partial charge in [0.2, 0.25) is 5.95 Å². The Kier molecular flexibility index (Phi) is 12.1. The van der Waals surface area contributed by atoms with Gasteiger partial charge in [0, 0.05) is 6.42 Å². The van der Waals surface area contributed by atoms with Crippen molar-refractivity contribution >= 4 is 31.3 Å². The number of aromatic amines is 1. The maximum absolute atomic E-state index is 13.3. The van der Waals surface area contributed by atoms with Gasteiger partial charge in [-0.15, -0.1) is 0 Å². The van der Waals surface area contributed by atoms with E-state index < -0.39 is 43.8 Å². The number of carbonyl (C=O) groups is 1. The molecule has 0 unspecified atom stereocenters. The molecule has 0 saturated carbocycles. The average Bonchev–Trinajstić information content (AvgIpc) is 3.85. The minimum atomic E-state index is -2.35. The first-order valence-corrected chi connectivity index (χ1v) is 22.5. The van der Waals surface area contributed by atoms with Crippen LogP contribution in [0.3, 0.4) is 0 Å². The number of amides is 1. The van der Waals surface area contributed by atoms with Crippen LogP contribution in [-0.2, 0) is 24.3 Å². The molecule has 59 heavy (non-hydrogen) atoms. The van der Waals surface area contributed by atoms with Gasteiger partial charge in [0.25, 0.3) is 11.5 Å². The standard InChI is InChI=1S/C45H51N5O8Si/c1-44(2,3)59(6,7)58-36-26-39(50-29-46-40-41(50)48-43(49-42(40)52)47-38(51)28-55-35-16-12-9-13-17-35)57-37(36)27-56-45(30-14-10-8-11-15-30,31-18-22-33(53-4)23-19-31)32-20-24-34(54-5)25-21-32/h8-25,29,36-37,39H,26-28H2,1-7H3,(H2,47,48,49,51,52)/t36-,37+,39+/m0/s1. The minimum absolute atomic E-state index is 0.0375. The number of carbonyl (C=O) groups excluding carboxylic acids is 1. The Morgan fingerprint density at radius 3 is 2.00 bits per heavy atom. The predicted octanol–water partition coefficient (Wildman–Crippen LogP) is 7.84. The molecule has 1 aliphatic heterocycles. The number of para-hydroxylation sites is 1. The van der Waals surface area contributed by atoms with Crippen molar-refractivity contribution in [2.24, 2.45) is 0 Å². The average molecular weight is 818 g/mol. The van der Waals surface area contributed by atoms with Gasteiger partial charge in [0.05, 0.1) is 33.3 Å². The molecule has 2 aromatic heterocycles. The molecule has 14 heteroatoms. The summed E-state index contributed by atoms with van der Waals surface area (Å²) in [4.78, 5) is 37.8. The lowest BCUT2D eigenvalue weighted by Crippen LogP contribution is -2.47. The van der Waals surface area contributed by atoms with Gasteiger partial charge in [-0.05, 0) is 71.2 Å². The normalized spacial score (nSPS) is 17.2. The number of rotatable bonds is 15. The molecule has 3 atom stereocenters. The maximum atomic E-state index is 13.3. The van der Waals surface area contributed by atoms with E-state index in [1.165, 1.54) is 6.33 Å². The zero-order chi connectivity index (χ0) is 41.8. The van der Waals surface area contributed by atoms with Crippen LogP contribution in [0.15, 0.2) is 120 Å². The number of H-pyrrole nitrogens is 1. The molecule has 1 aliphatic rings. The van der Waals surface area contributed by atoms with Crippen molar-refractivity contribution in [3.05, 3.63) is 143 Å². The fourth-order valence-corrected chi connectivity index (χ4v) is 8.37. The second-order valence-corrected chi connectivity index (χ2v) is 20.7. The lowest BCUT2D eigenvalue weighted by molar-refractivity contribution is -0.118. The monoisotopic (exact) mass is 817 g/mol. The predicted molar refractivity (Wildman–Crippen MR) is 228 cm³/mol. The summed E-state index contributed by atoms with van der Waals surface area (Å²) < 4.78 is 39.7. The second kappa shape index (κ2) is 17.2. The number of nitrogens with zero attached hydrogens (tertiary/aromatic N) is 3. The molecule has 6 aromatic rings. The topological polar surface area (TPSA) is 148 Å². The zero-order valence-corrected chi connectivity index (χ0v) is 35.4. The molecular formula is C45H51N5O8Si. The molecule has 0 aliphatic carbocycles. The number of methoxy groups -OCH3 is 2. The number of anilines is 1. The van der Waals surface area contributed by atoms with Gasteiger partial charge < -0.3 is 28.1 Å². The number of benzene rings is 4. The smallest absolute Gasteiger partial charge is 0.280 e. The molecular weight excluding hydrogens is 767 g/mol. The van der Waals surface area contributed by atoms with E-state index in [2.05, 4.69) is 66.3 Å². The maximum Gasteiger partial charge on any atom is 0.280 e. The number of hydrogen-bond acceptors (Lipinski definition) is 10. The van der Waals surface area contributed by atoms with Crippen molar-refractivity contribution in [2.75, 3.05) is 32.8 Å². The number of imidazole rings is 1. The second-order valence-electron chi connectivity index (χ2n) is 16.0. The molecule has 3 heterocycles. The van der Waals surface area contributed by atoms with Crippen molar-refractivity contribution in [3.63, 3.8) is 0 Å². The summed E-state index contributed by atoms with van der Waals surface area (Å²) >= 11 is 0. The van der Waals surface area contributed by atoms with Crippen LogP contribution in [0.2, 0.25) is 18.1 Å². The van der Waals surface area contributed by atoms with Gasteiger partial charge in [-0.1, -0.05) is 93.6 Å². The molecule has 1 amide bonds. The fraction of sp³-hybridized carbons (Fsp3) is 0.333. The van der Waals surface area contributed by atoms with E-state index in [4.69, 9.17) is 28.1 Å². The number of ether oxygens (including phenoxy) is 5. The Bertz CT molecular complexity index is 2350. The van der Waals surface area contributed by atoms with Gasteiger partial charge in [-0.25, -0.2) is 4.98 Å². The largest absolute Gasteiger partial charge is 0.497 e. The summed E-state index contributed by atoms with van der Waals surface area (Å²) in [5.74, 6) is 1.45. The third-order valence-electron chi connectivity index (χ3n) is 11.2. The molecule has 4 aromatic carbocycles. The quantitative estimate of drug-likeness (QED) is 0.0776. The number of nitrogens with one attached hydrogen (secondary N) is 2. The van der Waals surface area contributed by atoms with Crippen LogP contribution in [0, 0.1) is 0 Å². The van der Waals surface area contributed by atoms with E-state index in [0.717, 1.165) is 28.2 Å². The molecule has 1 fully saturated rings. The number of fused-ring (bicyclic) bond motifs is 1. The van der Waals surface area contributed by atoms with Gasteiger partial charge in [0.15, 0.2) is 26.1 Å². The van der Waals surface area contributed by atoms with E-state index in [1.807, 2.05) is 84.9 Å². The molecule has 1 saturated heterocycles. The third kappa shape index (κ3) is 8.81. The summed E-state index contributed by atoms with van der Waals surface area (Å²) in [6.07, 6.45) is 0.390. The van der Waals surface area contributed by atoms with Crippen LogP contribution in [0.5, 0.6) is 17.2 Å². The van der Waals surface area contributed by atoms with Gasteiger partial charge in [-0.2, -0.15) is 4.98 Å². The minimum Gasteiger partial charge on any atom is -0.497 e. The summed E-state index contributed by atoms with van der Waals surface area (Å²) in [6.45, 7) is 10.9. The van der Waals surface area contributed by atoms with Crippen molar-refractivity contribution in [3.8, 4) is 17.2 Å². The van der Waals surface area contributed by atoms with Crippen LogP contribution < -0.4 is 25.1 Å². The highest BCUT2D eigenvalue weighted by Crippen LogP contribution is 2.45. The lowest BCUT2D eigenvalue weighted by atomic mass is 9.80. The van der Waals surface area contributed by atoms with E-state index in [1.54, 1.807) is 30.9 Å². The van der Waals surface area contributed by atoms with E-state index >= 15 is 0 Å². The Balaban J connectivity index is 1.23. The highest BCUT2D eigenvalue weighted by Gasteiger charge is 2.47. The van der Waals surface area contributed by atoms with Crippen LogP contribution in [0.25, 0.3) is 11.2 Å². The van der Waals surface area contributed by atoms with Crippen LogP contribution in [-0.4, -0.2) is 73.4 Å². The first kappa shape index (κ1) is 41.4. The molecule has 0 bridgehead atoms. The molecule has 308 valence electrons. The van der Waals surface area contributed by atoms with Crippen molar-refractivity contribution in [1.29, 1.82) is 0 Å². The summed E-state index contributed by atoms with van der Waals surface area (Å²) in [6, 6.07) is 34.8. The van der Waals surface area contributed by atoms with Crippen LogP contribution in [0.4, 0.5) is 5.95 Å². The van der Waals surface area contributed by atoms with Gasteiger partial charge >= 0.3 is 0 Å². The molecule has 2 N–H and O–H groups in total. The Labute approximate surface area is 344 Å². The van der Waals surface area contributed by atoms with Crippen molar-refractivity contribution in [1.82, 2.24) is 19.5 Å². The Hall–Kier alpha value is -5.80. The fourth-order valence-electron chi connectivity index (χ4n) is 7.01. The molecule has 7 rings (SSSR count). The summed E-state index contributed by atoms with van der Waals surface area (Å²) in [5.41, 5.74) is 1.46. The van der Waals surface area contributed by atoms with Gasteiger partial charge in [0.1, 0.15) is 35.2 Å². The summed E-state index contributed by atoms with van der Waals surface area (Å²) in [7, 11) is 0.931. The Morgan fingerprint density at radius 1 is 0.847 bits per heavy atom. The van der Waals surface area contributed by atoms with Crippen LogP contribution in [0.1, 0.15) is 50.1 Å². The van der Waals surface area contributed by atoms with E-state index in [-0.39, 0.29) is 35.4 Å². The molecule has 0 radical (unpaired) electrons. The van der Waals surface area contributed by atoms with E-state index in [0.29, 0.717) is 12.2 Å². The first-order chi connectivity index (χ1) is 28.3. The Morgan fingerprint density at radius 2 is 1.42 bits per heavy atom. The van der Waals surface area contributed by atoms with Crippen LogP contribution >= 0.6 is 0 Å². The van der Waals surface area contributed by atoms with Gasteiger partial charge in [-0.3, -0.25) is 24.5 Å². The van der Waals surface area contributed by atoms with E-state index in [9.17, 15) is 9.59 Å². The molecule has 0 spiro atoms. The number of aromatic nitrogens is 4. The molecule has 13 nitrogen and oxygen atoms in total. The number of hydrogen-bond donors (Lipinski definition) is 2. The zero-order valence-electron chi connectivity index (χ0n) is 34.4. The van der Waals surface area contributed by atoms with Crippen molar-refractivity contribution in [2.45, 2.75) is 69.4 Å². The lowest BCUT2D eigenvalue weighted by Gasteiger charge is -2.40. The summed E-state index contributed by atoms with van der Waals surface area (Å²) in [5, 5.41) is 2.56. The third-order valence-corrected chi connectivity index (χ3v) is 15.7. The SMILES string of the molecule is COc1ccc(C(OC[C@H]2O[C@@H](n3cnc4c(=O)[nH]c(NC(=O)COc5ccccc5)nc43)C[C@@H]2O[Si](C)(C)C(C)(C)C)(c2ccccc2)c2ccc(OC)cc2)cc1. The first-order valence-electron chi connectivity index (χ1n) is 19.6. The van der Waals surface area contributed by atoms with Crippen molar-refractivity contribution < 1.29 is 32.9 Å². The highest BCUT2D eigenvalue weighted by molar-refractivity contribution is 6.74. The highest BCUT2D eigenvalue weighted by atomic mass is 28.4.